The second-order valence-corrected chi connectivity index (χ2v) is 4.09. The van der Waals surface area contributed by atoms with Crippen molar-refractivity contribution in [3.05, 3.63) is 33.9 Å². The molecule has 0 saturated carbocycles. The van der Waals surface area contributed by atoms with Gasteiger partial charge in [-0.25, -0.2) is 0 Å². The SMILES string of the molecule is CCOC(=O)CCCNc1ccc(C)c([N+](=O)[O-])c1. The molecule has 1 rings (SSSR count). The third-order valence-corrected chi connectivity index (χ3v) is 2.60. The lowest BCUT2D eigenvalue weighted by molar-refractivity contribution is -0.385. The van der Waals surface area contributed by atoms with Gasteiger partial charge >= 0.3 is 5.97 Å². The summed E-state index contributed by atoms with van der Waals surface area (Å²) in [6.07, 6.45) is 0.968. The van der Waals surface area contributed by atoms with Gasteiger partial charge < -0.3 is 10.1 Å². The Morgan fingerprint density at radius 3 is 2.84 bits per heavy atom. The molecule has 0 aromatic heterocycles. The number of hydrogen-bond donors (Lipinski definition) is 1. The van der Waals surface area contributed by atoms with E-state index in [1.54, 1.807) is 26.0 Å². The molecule has 0 spiro atoms. The largest absolute Gasteiger partial charge is 0.466 e. The zero-order valence-electron chi connectivity index (χ0n) is 11.1. The van der Waals surface area contributed by atoms with Crippen LogP contribution in [0, 0.1) is 17.0 Å². The molecule has 19 heavy (non-hydrogen) atoms. The molecule has 0 heterocycles. The van der Waals surface area contributed by atoms with Crippen molar-refractivity contribution in [3.63, 3.8) is 0 Å². The van der Waals surface area contributed by atoms with E-state index in [4.69, 9.17) is 4.74 Å². The van der Waals surface area contributed by atoms with E-state index in [1.807, 2.05) is 0 Å². The van der Waals surface area contributed by atoms with Crippen molar-refractivity contribution in [3.8, 4) is 0 Å². The average molecular weight is 266 g/mol. The van der Waals surface area contributed by atoms with E-state index in [0.717, 1.165) is 0 Å². The lowest BCUT2D eigenvalue weighted by atomic mass is 10.2. The number of hydrogen-bond acceptors (Lipinski definition) is 5. The van der Waals surface area contributed by atoms with Crippen molar-refractivity contribution in [2.45, 2.75) is 26.7 Å². The van der Waals surface area contributed by atoms with Crippen LogP contribution in [0.1, 0.15) is 25.3 Å². The summed E-state index contributed by atoms with van der Waals surface area (Å²) in [4.78, 5) is 21.5. The molecular weight excluding hydrogens is 248 g/mol. The fourth-order valence-corrected chi connectivity index (χ4v) is 1.61. The Hall–Kier alpha value is -2.11. The normalized spacial score (nSPS) is 10.0. The lowest BCUT2D eigenvalue weighted by Crippen LogP contribution is -2.08. The summed E-state index contributed by atoms with van der Waals surface area (Å²) >= 11 is 0. The van der Waals surface area contributed by atoms with Gasteiger partial charge in [-0.2, -0.15) is 0 Å². The number of anilines is 1. The first-order valence-electron chi connectivity index (χ1n) is 6.19. The van der Waals surface area contributed by atoms with E-state index in [-0.39, 0.29) is 11.7 Å². The maximum Gasteiger partial charge on any atom is 0.305 e. The van der Waals surface area contributed by atoms with Crippen molar-refractivity contribution < 1.29 is 14.5 Å². The van der Waals surface area contributed by atoms with Crippen molar-refractivity contribution in [2.75, 3.05) is 18.5 Å². The monoisotopic (exact) mass is 266 g/mol. The summed E-state index contributed by atoms with van der Waals surface area (Å²) in [6.45, 7) is 4.42. The second kappa shape index (κ2) is 7.35. The molecule has 1 aromatic rings. The number of nitrogens with zero attached hydrogens (tertiary/aromatic N) is 1. The van der Waals surface area contributed by atoms with Crippen LogP contribution in [-0.2, 0) is 9.53 Å². The number of carbonyl (C=O) groups is 1. The summed E-state index contributed by atoms with van der Waals surface area (Å²) < 4.78 is 4.80. The van der Waals surface area contributed by atoms with Gasteiger partial charge in [0.2, 0.25) is 0 Å². The standard InChI is InChI=1S/C13H18N2O4/c1-3-19-13(16)5-4-8-14-11-7-6-10(2)12(9-11)15(17)18/h6-7,9,14H,3-5,8H2,1-2H3. The van der Waals surface area contributed by atoms with E-state index in [1.165, 1.54) is 6.07 Å². The molecule has 0 radical (unpaired) electrons. The molecule has 104 valence electrons. The van der Waals surface area contributed by atoms with Crippen LogP contribution < -0.4 is 5.32 Å². The molecule has 1 N–H and O–H groups in total. The van der Waals surface area contributed by atoms with E-state index in [9.17, 15) is 14.9 Å². The van der Waals surface area contributed by atoms with Crippen LogP contribution in [0.2, 0.25) is 0 Å². The van der Waals surface area contributed by atoms with Crippen LogP contribution in [0.4, 0.5) is 11.4 Å². The van der Waals surface area contributed by atoms with Crippen LogP contribution in [-0.4, -0.2) is 24.0 Å². The van der Waals surface area contributed by atoms with Gasteiger partial charge in [-0.3, -0.25) is 14.9 Å². The quantitative estimate of drug-likeness (QED) is 0.355. The highest BCUT2D eigenvalue weighted by Crippen LogP contribution is 2.22. The number of benzene rings is 1. The van der Waals surface area contributed by atoms with Crippen LogP contribution in [0.25, 0.3) is 0 Å². The van der Waals surface area contributed by atoms with Gasteiger partial charge in [0.15, 0.2) is 0 Å². The number of nitro groups is 1. The molecular formula is C13H18N2O4. The predicted molar refractivity (Wildman–Crippen MR) is 72.2 cm³/mol. The van der Waals surface area contributed by atoms with Gasteiger partial charge in [-0.1, -0.05) is 6.07 Å². The first-order valence-corrected chi connectivity index (χ1v) is 6.19. The minimum atomic E-state index is -0.404. The van der Waals surface area contributed by atoms with Crippen molar-refractivity contribution in [1.82, 2.24) is 0 Å². The fourth-order valence-electron chi connectivity index (χ4n) is 1.61. The smallest absolute Gasteiger partial charge is 0.305 e. The molecule has 0 aliphatic rings. The molecule has 1 aromatic carbocycles. The van der Waals surface area contributed by atoms with E-state index < -0.39 is 4.92 Å². The van der Waals surface area contributed by atoms with E-state index in [2.05, 4.69) is 5.32 Å². The number of aryl methyl sites for hydroxylation is 1. The van der Waals surface area contributed by atoms with Crippen molar-refractivity contribution >= 4 is 17.3 Å². The Morgan fingerprint density at radius 1 is 1.47 bits per heavy atom. The number of ether oxygens (including phenoxy) is 1. The minimum Gasteiger partial charge on any atom is -0.466 e. The average Bonchev–Trinajstić information content (AvgIpc) is 2.36. The van der Waals surface area contributed by atoms with Crippen molar-refractivity contribution in [1.29, 1.82) is 0 Å². The van der Waals surface area contributed by atoms with Crippen LogP contribution >= 0.6 is 0 Å². The van der Waals surface area contributed by atoms with Gasteiger partial charge in [0, 0.05) is 30.3 Å². The Morgan fingerprint density at radius 2 is 2.21 bits per heavy atom. The molecule has 6 heteroatoms. The maximum atomic E-state index is 11.1. The highest BCUT2D eigenvalue weighted by Gasteiger charge is 2.10. The third-order valence-electron chi connectivity index (χ3n) is 2.60. The summed E-state index contributed by atoms with van der Waals surface area (Å²) in [6, 6.07) is 4.98. The van der Waals surface area contributed by atoms with Crippen LogP contribution in [0.15, 0.2) is 18.2 Å². The zero-order chi connectivity index (χ0) is 14.3. The minimum absolute atomic E-state index is 0.0930. The molecule has 0 amide bonds. The van der Waals surface area contributed by atoms with Gasteiger partial charge in [0.05, 0.1) is 11.5 Å². The molecule has 0 aliphatic heterocycles. The molecule has 0 unspecified atom stereocenters. The maximum absolute atomic E-state index is 11.1. The summed E-state index contributed by atoms with van der Waals surface area (Å²) in [5, 5.41) is 13.8. The number of rotatable bonds is 7. The van der Waals surface area contributed by atoms with Gasteiger partial charge in [-0.15, -0.1) is 0 Å². The Labute approximate surface area is 111 Å². The van der Waals surface area contributed by atoms with Gasteiger partial charge in [-0.05, 0) is 26.3 Å². The van der Waals surface area contributed by atoms with Crippen molar-refractivity contribution in [2.24, 2.45) is 0 Å². The van der Waals surface area contributed by atoms with Crippen LogP contribution in [0.5, 0.6) is 0 Å². The van der Waals surface area contributed by atoms with Gasteiger partial charge in [0.1, 0.15) is 0 Å². The molecule has 0 aliphatic carbocycles. The van der Waals surface area contributed by atoms with Gasteiger partial charge in [0.25, 0.3) is 5.69 Å². The Bertz CT molecular complexity index is 460. The third kappa shape index (κ3) is 4.95. The zero-order valence-corrected chi connectivity index (χ0v) is 11.1. The highest BCUT2D eigenvalue weighted by atomic mass is 16.6. The number of nitrogens with one attached hydrogen (secondary N) is 1. The molecule has 0 fully saturated rings. The second-order valence-electron chi connectivity index (χ2n) is 4.09. The van der Waals surface area contributed by atoms with Crippen LogP contribution in [0.3, 0.4) is 0 Å². The fraction of sp³-hybridized carbons (Fsp3) is 0.462. The number of nitro benzene ring substituents is 1. The predicted octanol–water partition coefficient (Wildman–Crippen LogP) is 2.66. The lowest BCUT2D eigenvalue weighted by Gasteiger charge is -2.07. The summed E-state index contributed by atoms with van der Waals surface area (Å²) in [5.41, 5.74) is 1.40. The topological polar surface area (TPSA) is 81.5 Å². The Kier molecular flexibility index (Phi) is 5.78. The first-order chi connectivity index (χ1) is 9.04. The molecule has 0 bridgehead atoms. The summed E-state index contributed by atoms with van der Waals surface area (Å²) in [5.74, 6) is -0.223. The van der Waals surface area contributed by atoms with E-state index >= 15 is 0 Å². The first kappa shape index (κ1) is 14.9. The molecule has 0 atom stereocenters. The highest BCUT2D eigenvalue weighted by molar-refractivity contribution is 5.69. The van der Waals surface area contributed by atoms with E-state index in [0.29, 0.717) is 37.2 Å². The molecule has 0 saturated heterocycles. The number of esters is 1. The number of carbonyl (C=O) groups excluding carboxylic acids is 1. The molecule has 6 nitrogen and oxygen atoms in total. The Balaban J connectivity index is 2.44. The summed E-state index contributed by atoms with van der Waals surface area (Å²) in [7, 11) is 0.